The van der Waals surface area contributed by atoms with Crippen LogP contribution in [0.25, 0.3) is 21.9 Å². The Morgan fingerprint density at radius 1 is 1.00 bits per heavy atom. The summed E-state index contributed by atoms with van der Waals surface area (Å²) in [5.74, 6) is -0.221. The zero-order valence-corrected chi connectivity index (χ0v) is 11.5. The Kier molecular flexibility index (Phi) is 3.32. The smallest absolute Gasteiger partial charge is 0.336 e. The van der Waals surface area contributed by atoms with E-state index in [1.807, 2.05) is 54.6 Å². The molecule has 0 spiro atoms. The quantitative estimate of drug-likeness (QED) is 0.780. The summed E-state index contributed by atoms with van der Waals surface area (Å²) in [4.78, 5) is 11.6. The summed E-state index contributed by atoms with van der Waals surface area (Å²) in [5.41, 5.74) is 1.90. The number of fused-ring (bicyclic) bond motifs is 1. The first-order chi connectivity index (χ1) is 10.2. The molecule has 3 rings (SSSR count). The molecule has 104 valence electrons. The molecular formula is C18H14O3. The van der Waals surface area contributed by atoms with Crippen LogP contribution in [-0.4, -0.2) is 18.2 Å². The minimum absolute atomic E-state index is 0.293. The second-order valence-electron chi connectivity index (χ2n) is 4.75. The lowest BCUT2D eigenvalue weighted by Crippen LogP contribution is -2.00. The van der Waals surface area contributed by atoms with Crippen molar-refractivity contribution in [1.29, 1.82) is 0 Å². The summed E-state index contributed by atoms with van der Waals surface area (Å²) in [7, 11) is 1.60. The van der Waals surface area contributed by atoms with Gasteiger partial charge in [0.05, 0.1) is 12.7 Å². The van der Waals surface area contributed by atoms with Crippen LogP contribution in [0.15, 0.2) is 60.7 Å². The van der Waals surface area contributed by atoms with E-state index in [-0.39, 0.29) is 0 Å². The third-order valence-electron chi connectivity index (χ3n) is 3.52. The normalized spacial score (nSPS) is 10.5. The number of benzene rings is 3. The molecular weight excluding hydrogens is 264 g/mol. The van der Waals surface area contributed by atoms with E-state index in [1.165, 1.54) is 0 Å². The third-order valence-corrected chi connectivity index (χ3v) is 3.52. The summed E-state index contributed by atoms with van der Waals surface area (Å²) in [5, 5.41) is 11.3. The molecule has 0 fully saturated rings. The Morgan fingerprint density at radius 3 is 2.38 bits per heavy atom. The lowest BCUT2D eigenvalue weighted by molar-refractivity contribution is 0.0698. The van der Waals surface area contributed by atoms with Gasteiger partial charge in [-0.2, -0.15) is 0 Å². The van der Waals surface area contributed by atoms with Crippen LogP contribution in [0.5, 0.6) is 5.75 Å². The summed E-state index contributed by atoms with van der Waals surface area (Å²) in [6, 6.07) is 18.7. The number of aromatic carboxylic acids is 1. The first-order valence-electron chi connectivity index (χ1n) is 6.60. The van der Waals surface area contributed by atoms with Gasteiger partial charge in [0, 0.05) is 5.56 Å². The highest BCUT2D eigenvalue weighted by molar-refractivity contribution is 6.08. The van der Waals surface area contributed by atoms with Crippen LogP contribution in [0.2, 0.25) is 0 Å². The highest BCUT2D eigenvalue weighted by Crippen LogP contribution is 2.34. The van der Waals surface area contributed by atoms with Crippen molar-refractivity contribution in [2.24, 2.45) is 0 Å². The molecule has 21 heavy (non-hydrogen) atoms. The zero-order chi connectivity index (χ0) is 14.8. The van der Waals surface area contributed by atoms with Crippen LogP contribution in [-0.2, 0) is 0 Å². The molecule has 3 aromatic rings. The van der Waals surface area contributed by atoms with Crippen molar-refractivity contribution in [3.05, 3.63) is 66.2 Å². The highest BCUT2D eigenvalue weighted by Gasteiger charge is 2.15. The van der Waals surface area contributed by atoms with Gasteiger partial charge in [-0.3, -0.25) is 0 Å². The van der Waals surface area contributed by atoms with Crippen LogP contribution >= 0.6 is 0 Å². The Labute approximate surface area is 122 Å². The van der Waals surface area contributed by atoms with E-state index >= 15 is 0 Å². The lowest BCUT2D eigenvalue weighted by Gasteiger charge is -2.12. The van der Waals surface area contributed by atoms with Crippen molar-refractivity contribution in [2.75, 3.05) is 7.11 Å². The molecule has 0 unspecified atom stereocenters. The number of hydrogen-bond donors (Lipinski definition) is 1. The summed E-state index contributed by atoms with van der Waals surface area (Å²) < 4.78 is 5.27. The average molecular weight is 278 g/mol. The molecule has 0 amide bonds. The second kappa shape index (κ2) is 5.29. The van der Waals surface area contributed by atoms with Gasteiger partial charge >= 0.3 is 5.97 Å². The number of rotatable bonds is 3. The molecule has 0 heterocycles. The van der Waals surface area contributed by atoms with Gasteiger partial charge in [0.15, 0.2) is 0 Å². The zero-order valence-electron chi connectivity index (χ0n) is 11.5. The van der Waals surface area contributed by atoms with Gasteiger partial charge in [-0.1, -0.05) is 42.5 Å². The number of methoxy groups -OCH3 is 1. The predicted molar refractivity (Wildman–Crippen MR) is 82.9 cm³/mol. The molecule has 3 nitrogen and oxygen atoms in total. The SMILES string of the molecule is COc1ccc2ccc(C(=O)O)c(-c3ccccc3)c2c1. The maximum Gasteiger partial charge on any atom is 0.336 e. The largest absolute Gasteiger partial charge is 0.497 e. The van der Waals surface area contributed by atoms with Crippen LogP contribution in [0, 0.1) is 0 Å². The second-order valence-corrected chi connectivity index (χ2v) is 4.75. The number of carbonyl (C=O) groups is 1. The summed E-state index contributed by atoms with van der Waals surface area (Å²) in [6.07, 6.45) is 0. The fourth-order valence-electron chi connectivity index (χ4n) is 2.52. The van der Waals surface area contributed by atoms with Crippen LogP contribution in [0.3, 0.4) is 0 Å². The van der Waals surface area contributed by atoms with Crippen molar-refractivity contribution >= 4 is 16.7 Å². The molecule has 0 saturated carbocycles. The van der Waals surface area contributed by atoms with Crippen molar-refractivity contribution in [1.82, 2.24) is 0 Å². The maximum absolute atomic E-state index is 11.6. The molecule has 3 aromatic carbocycles. The van der Waals surface area contributed by atoms with E-state index in [4.69, 9.17) is 4.74 Å². The summed E-state index contributed by atoms with van der Waals surface area (Å²) in [6.45, 7) is 0. The average Bonchev–Trinajstić information content (AvgIpc) is 2.53. The highest BCUT2D eigenvalue weighted by atomic mass is 16.5. The molecule has 0 saturated heterocycles. The molecule has 0 radical (unpaired) electrons. The Balaban J connectivity index is 2.41. The van der Waals surface area contributed by atoms with Gasteiger partial charge in [-0.15, -0.1) is 0 Å². The van der Waals surface area contributed by atoms with Gasteiger partial charge < -0.3 is 9.84 Å². The molecule has 0 bridgehead atoms. The van der Waals surface area contributed by atoms with E-state index in [1.54, 1.807) is 13.2 Å². The number of carboxylic acid groups (broad SMARTS) is 1. The molecule has 0 aliphatic carbocycles. The lowest BCUT2D eigenvalue weighted by atomic mass is 9.93. The van der Waals surface area contributed by atoms with Gasteiger partial charge in [-0.05, 0) is 34.5 Å². The van der Waals surface area contributed by atoms with Gasteiger partial charge in [0.1, 0.15) is 5.75 Å². The number of hydrogen-bond acceptors (Lipinski definition) is 2. The van der Waals surface area contributed by atoms with E-state index in [0.29, 0.717) is 11.3 Å². The summed E-state index contributed by atoms with van der Waals surface area (Å²) >= 11 is 0. The van der Waals surface area contributed by atoms with E-state index < -0.39 is 5.97 Å². The topological polar surface area (TPSA) is 46.5 Å². The van der Waals surface area contributed by atoms with Gasteiger partial charge in [0.2, 0.25) is 0 Å². The van der Waals surface area contributed by atoms with Crippen molar-refractivity contribution < 1.29 is 14.6 Å². The molecule has 1 N–H and O–H groups in total. The van der Waals surface area contributed by atoms with E-state index in [9.17, 15) is 9.90 Å². The monoisotopic (exact) mass is 278 g/mol. The molecule has 0 aromatic heterocycles. The van der Waals surface area contributed by atoms with Gasteiger partial charge in [0.25, 0.3) is 0 Å². The standard InChI is InChI=1S/C18H14O3/c1-21-14-9-7-12-8-10-15(18(19)20)17(16(12)11-14)13-5-3-2-4-6-13/h2-11H,1H3,(H,19,20). The Bertz CT molecular complexity index is 807. The Hall–Kier alpha value is -2.81. The van der Waals surface area contributed by atoms with Crippen LogP contribution in [0.1, 0.15) is 10.4 Å². The van der Waals surface area contributed by atoms with Crippen molar-refractivity contribution in [2.45, 2.75) is 0 Å². The Morgan fingerprint density at radius 2 is 1.71 bits per heavy atom. The van der Waals surface area contributed by atoms with Crippen LogP contribution < -0.4 is 4.74 Å². The predicted octanol–water partition coefficient (Wildman–Crippen LogP) is 4.21. The third kappa shape index (κ3) is 2.34. The van der Waals surface area contributed by atoms with Crippen molar-refractivity contribution in [3.8, 4) is 16.9 Å². The fraction of sp³-hybridized carbons (Fsp3) is 0.0556. The number of carboxylic acids is 1. The van der Waals surface area contributed by atoms with Gasteiger partial charge in [-0.25, -0.2) is 4.79 Å². The molecule has 0 aliphatic heterocycles. The van der Waals surface area contributed by atoms with E-state index in [0.717, 1.165) is 21.9 Å². The number of ether oxygens (including phenoxy) is 1. The van der Waals surface area contributed by atoms with Crippen molar-refractivity contribution in [3.63, 3.8) is 0 Å². The molecule has 3 heteroatoms. The minimum Gasteiger partial charge on any atom is -0.497 e. The maximum atomic E-state index is 11.6. The van der Waals surface area contributed by atoms with Crippen LogP contribution in [0.4, 0.5) is 0 Å². The fourth-order valence-corrected chi connectivity index (χ4v) is 2.52. The van der Waals surface area contributed by atoms with E-state index in [2.05, 4.69) is 0 Å². The first kappa shape index (κ1) is 13.2. The first-order valence-corrected chi connectivity index (χ1v) is 6.60. The molecule has 0 atom stereocenters. The molecule has 0 aliphatic rings. The minimum atomic E-state index is -0.932.